The summed E-state index contributed by atoms with van der Waals surface area (Å²) < 4.78 is 0. The van der Waals surface area contributed by atoms with Crippen LogP contribution in [0.15, 0.2) is 18.2 Å². The molecule has 0 atom stereocenters. The summed E-state index contributed by atoms with van der Waals surface area (Å²) in [7, 11) is 0. The van der Waals surface area contributed by atoms with Crippen molar-refractivity contribution in [2.45, 2.75) is 26.2 Å². The third-order valence-electron chi connectivity index (χ3n) is 3.51. The zero-order chi connectivity index (χ0) is 12.5. The number of nitrogens with two attached hydrogens (primary N) is 1. The molecule has 0 radical (unpaired) electrons. The largest absolute Gasteiger partial charge is 0.389 e. The number of rotatable bonds is 4. The fourth-order valence-corrected chi connectivity index (χ4v) is 2.48. The molecule has 3 N–H and O–H groups in total. The average molecular weight is 269 g/mol. The van der Waals surface area contributed by atoms with E-state index in [-0.39, 0.29) is 0 Å². The smallest absolute Gasteiger partial charge is 0.106 e. The maximum Gasteiger partial charge on any atom is 0.106 e. The molecule has 1 aromatic rings. The summed E-state index contributed by atoms with van der Waals surface area (Å²) in [6, 6.07) is 5.61. The maximum atomic E-state index is 5.95. The topological polar surface area (TPSA) is 38.0 Å². The summed E-state index contributed by atoms with van der Waals surface area (Å²) in [5.74, 6) is 0. The molecule has 1 fully saturated rings. The highest BCUT2D eigenvalue weighted by atomic mass is 35.5. The lowest BCUT2D eigenvalue weighted by atomic mass is 9.70. The SMILES string of the molecule is CC1(CNc2ccc(Cl)cc2C(N)=S)CCC1. The predicted molar refractivity (Wildman–Crippen MR) is 77.8 cm³/mol. The van der Waals surface area contributed by atoms with Gasteiger partial charge in [0.2, 0.25) is 0 Å². The van der Waals surface area contributed by atoms with Gasteiger partial charge < -0.3 is 11.1 Å². The molecule has 1 aliphatic rings. The maximum absolute atomic E-state index is 5.95. The van der Waals surface area contributed by atoms with Gasteiger partial charge in [-0.15, -0.1) is 0 Å². The molecular weight excluding hydrogens is 252 g/mol. The molecule has 0 spiro atoms. The third kappa shape index (κ3) is 2.90. The first kappa shape index (κ1) is 12.7. The molecule has 0 saturated heterocycles. The van der Waals surface area contributed by atoms with Gasteiger partial charge in [-0.2, -0.15) is 0 Å². The van der Waals surface area contributed by atoms with Crippen molar-refractivity contribution in [2.75, 3.05) is 11.9 Å². The Morgan fingerprint density at radius 1 is 1.53 bits per heavy atom. The first-order valence-electron chi connectivity index (χ1n) is 5.83. The van der Waals surface area contributed by atoms with Crippen molar-refractivity contribution in [1.29, 1.82) is 0 Å². The van der Waals surface area contributed by atoms with Crippen molar-refractivity contribution in [3.63, 3.8) is 0 Å². The Labute approximate surface area is 113 Å². The predicted octanol–water partition coefficient (Wildman–Crippen LogP) is 3.58. The number of benzene rings is 1. The lowest BCUT2D eigenvalue weighted by Crippen LogP contribution is -2.33. The van der Waals surface area contributed by atoms with E-state index in [1.165, 1.54) is 19.3 Å². The van der Waals surface area contributed by atoms with E-state index >= 15 is 0 Å². The van der Waals surface area contributed by atoms with Crippen LogP contribution in [0.25, 0.3) is 0 Å². The lowest BCUT2D eigenvalue weighted by molar-refractivity contribution is 0.180. The molecular formula is C13H17ClN2S. The average Bonchev–Trinajstić information content (AvgIpc) is 2.24. The molecule has 0 aliphatic heterocycles. The molecule has 4 heteroatoms. The monoisotopic (exact) mass is 268 g/mol. The highest BCUT2D eigenvalue weighted by Crippen LogP contribution is 2.40. The molecule has 1 saturated carbocycles. The van der Waals surface area contributed by atoms with E-state index in [9.17, 15) is 0 Å². The second-order valence-corrected chi connectivity index (χ2v) is 5.95. The minimum atomic E-state index is 0.383. The van der Waals surface area contributed by atoms with Gasteiger partial charge in [0.25, 0.3) is 0 Å². The zero-order valence-corrected chi connectivity index (χ0v) is 11.5. The van der Waals surface area contributed by atoms with Crippen LogP contribution in [-0.2, 0) is 0 Å². The van der Waals surface area contributed by atoms with Crippen LogP contribution in [0.3, 0.4) is 0 Å². The Morgan fingerprint density at radius 2 is 2.24 bits per heavy atom. The van der Waals surface area contributed by atoms with Crippen LogP contribution in [0.2, 0.25) is 5.02 Å². The minimum absolute atomic E-state index is 0.383. The fraction of sp³-hybridized carbons (Fsp3) is 0.462. The van der Waals surface area contributed by atoms with Crippen molar-refractivity contribution < 1.29 is 0 Å². The number of nitrogens with one attached hydrogen (secondary N) is 1. The number of anilines is 1. The van der Waals surface area contributed by atoms with E-state index < -0.39 is 0 Å². The highest BCUT2D eigenvalue weighted by Gasteiger charge is 2.31. The molecule has 92 valence electrons. The van der Waals surface area contributed by atoms with Crippen LogP contribution < -0.4 is 11.1 Å². The third-order valence-corrected chi connectivity index (χ3v) is 3.97. The minimum Gasteiger partial charge on any atom is -0.389 e. The summed E-state index contributed by atoms with van der Waals surface area (Å²) in [6.07, 6.45) is 3.91. The van der Waals surface area contributed by atoms with Crippen molar-refractivity contribution in [3.8, 4) is 0 Å². The quantitative estimate of drug-likeness (QED) is 0.820. The van der Waals surface area contributed by atoms with Gasteiger partial charge >= 0.3 is 0 Å². The summed E-state index contributed by atoms with van der Waals surface area (Å²) >= 11 is 11.0. The van der Waals surface area contributed by atoms with Gasteiger partial charge in [0.15, 0.2) is 0 Å². The molecule has 0 unspecified atom stereocenters. The molecule has 2 rings (SSSR count). The van der Waals surface area contributed by atoms with E-state index in [1.54, 1.807) is 0 Å². The van der Waals surface area contributed by atoms with Gasteiger partial charge in [-0.3, -0.25) is 0 Å². The van der Waals surface area contributed by atoms with Crippen molar-refractivity contribution in [2.24, 2.45) is 11.1 Å². The van der Waals surface area contributed by atoms with Gasteiger partial charge in [-0.1, -0.05) is 37.2 Å². The molecule has 2 nitrogen and oxygen atoms in total. The van der Waals surface area contributed by atoms with E-state index in [1.807, 2.05) is 18.2 Å². The van der Waals surface area contributed by atoms with Gasteiger partial charge in [-0.05, 0) is 36.5 Å². The van der Waals surface area contributed by atoms with Crippen LogP contribution >= 0.6 is 23.8 Å². The van der Waals surface area contributed by atoms with Crippen molar-refractivity contribution in [1.82, 2.24) is 0 Å². The van der Waals surface area contributed by atoms with Crippen LogP contribution in [0, 0.1) is 5.41 Å². The number of thiocarbonyl (C=S) groups is 1. The van der Waals surface area contributed by atoms with Gasteiger partial charge in [0.1, 0.15) is 4.99 Å². The molecule has 17 heavy (non-hydrogen) atoms. The van der Waals surface area contributed by atoms with E-state index in [0.717, 1.165) is 17.8 Å². The van der Waals surface area contributed by atoms with Crippen LogP contribution in [0.1, 0.15) is 31.7 Å². The summed E-state index contributed by atoms with van der Waals surface area (Å²) in [6.45, 7) is 3.27. The molecule has 0 amide bonds. The standard InChI is InChI=1S/C13H17ClN2S/c1-13(5-2-6-13)8-16-11-4-3-9(14)7-10(11)12(15)17/h3-4,7,16H,2,5-6,8H2,1H3,(H2,15,17). The van der Waals surface area contributed by atoms with E-state index in [2.05, 4.69) is 12.2 Å². The van der Waals surface area contributed by atoms with Crippen LogP contribution in [-0.4, -0.2) is 11.5 Å². The van der Waals surface area contributed by atoms with Crippen LogP contribution in [0.4, 0.5) is 5.69 Å². The van der Waals surface area contributed by atoms with Gasteiger partial charge in [0, 0.05) is 22.8 Å². The molecule has 0 heterocycles. The van der Waals surface area contributed by atoms with Gasteiger partial charge in [0.05, 0.1) is 0 Å². The Balaban J connectivity index is 2.12. The molecule has 0 aromatic heterocycles. The summed E-state index contributed by atoms with van der Waals surface area (Å²) in [5, 5.41) is 4.10. The van der Waals surface area contributed by atoms with E-state index in [4.69, 9.17) is 29.6 Å². The molecule has 1 aromatic carbocycles. The molecule has 0 bridgehead atoms. The zero-order valence-electron chi connectivity index (χ0n) is 9.92. The van der Waals surface area contributed by atoms with Crippen LogP contribution in [0.5, 0.6) is 0 Å². The summed E-state index contributed by atoms with van der Waals surface area (Å²) in [5.41, 5.74) is 7.94. The second-order valence-electron chi connectivity index (χ2n) is 5.07. The Kier molecular flexibility index (Phi) is 3.59. The number of hydrogen-bond acceptors (Lipinski definition) is 2. The molecule has 1 aliphatic carbocycles. The Morgan fingerprint density at radius 3 is 2.76 bits per heavy atom. The Bertz CT molecular complexity index is 441. The Hall–Kier alpha value is -0.800. The van der Waals surface area contributed by atoms with Crippen molar-refractivity contribution >= 4 is 34.5 Å². The first-order valence-corrected chi connectivity index (χ1v) is 6.62. The number of hydrogen-bond donors (Lipinski definition) is 2. The highest BCUT2D eigenvalue weighted by molar-refractivity contribution is 7.80. The van der Waals surface area contributed by atoms with Gasteiger partial charge in [-0.25, -0.2) is 0 Å². The van der Waals surface area contributed by atoms with E-state index in [0.29, 0.717) is 15.4 Å². The fourth-order valence-electron chi connectivity index (χ4n) is 2.14. The second kappa shape index (κ2) is 4.83. The van der Waals surface area contributed by atoms with Crippen molar-refractivity contribution in [3.05, 3.63) is 28.8 Å². The first-order chi connectivity index (χ1) is 8.00. The number of halogens is 1. The summed E-state index contributed by atoms with van der Waals surface area (Å²) in [4.78, 5) is 0.383. The lowest BCUT2D eigenvalue weighted by Gasteiger charge is -2.38. The normalized spacial score (nSPS) is 17.3.